The lowest BCUT2D eigenvalue weighted by Crippen LogP contribution is -2.54. The van der Waals surface area contributed by atoms with Crippen molar-refractivity contribution in [2.24, 2.45) is 5.92 Å². The van der Waals surface area contributed by atoms with Crippen LogP contribution in [0, 0.1) is 12.8 Å². The molecule has 2 aromatic rings. The first-order chi connectivity index (χ1) is 15.5. The van der Waals surface area contributed by atoms with Gasteiger partial charge in [-0.2, -0.15) is 0 Å². The summed E-state index contributed by atoms with van der Waals surface area (Å²) < 4.78 is 5.02. The molecule has 1 aliphatic heterocycles. The fourth-order valence-corrected chi connectivity index (χ4v) is 4.03. The first-order valence-corrected chi connectivity index (χ1v) is 11.0. The van der Waals surface area contributed by atoms with Gasteiger partial charge in [-0.05, 0) is 49.4 Å². The Morgan fingerprint density at radius 2 is 1.69 bits per heavy atom. The molecule has 1 heterocycles. The number of aryl methyl sites for hydroxylation is 1. The molecule has 7 heteroatoms. The predicted octanol–water partition coefficient (Wildman–Crippen LogP) is 2.41. The fraction of sp³-hybridized carbons (Fsp3) is 0.400. The van der Waals surface area contributed by atoms with Crippen molar-refractivity contribution in [3.63, 3.8) is 0 Å². The molecule has 1 saturated heterocycles. The van der Waals surface area contributed by atoms with Crippen molar-refractivity contribution < 1.29 is 19.1 Å². The number of hydrogen-bond acceptors (Lipinski definition) is 4. The zero-order valence-corrected chi connectivity index (χ0v) is 18.7. The van der Waals surface area contributed by atoms with Gasteiger partial charge in [-0.1, -0.05) is 36.4 Å². The summed E-state index contributed by atoms with van der Waals surface area (Å²) in [6, 6.07) is 15.8. The lowest BCUT2D eigenvalue weighted by Gasteiger charge is -2.36. The van der Waals surface area contributed by atoms with Crippen molar-refractivity contribution in [2.45, 2.75) is 25.8 Å². The number of amides is 3. The van der Waals surface area contributed by atoms with Crippen molar-refractivity contribution in [2.75, 3.05) is 33.4 Å². The highest BCUT2D eigenvalue weighted by Gasteiger charge is 2.34. The topological polar surface area (TPSA) is 87.7 Å². The van der Waals surface area contributed by atoms with E-state index in [1.165, 1.54) is 0 Å². The van der Waals surface area contributed by atoms with Crippen LogP contribution in [0.5, 0.6) is 0 Å². The van der Waals surface area contributed by atoms with E-state index in [-0.39, 0.29) is 23.6 Å². The lowest BCUT2D eigenvalue weighted by molar-refractivity contribution is -0.124. The summed E-state index contributed by atoms with van der Waals surface area (Å²) in [4.78, 5) is 40.4. The van der Waals surface area contributed by atoms with Gasteiger partial charge in [0.2, 0.25) is 5.91 Å². The van der Waals surface area contributed by atoms with Crippen LogP contribution >= 0.6 is 0 Å². The zero-order valence-electron chi connectivity index (χ0n) is 18.7. The lowest BCUT2D eigenvalue weighted by atomic mass is 9.88. The van der Waals surface area contributed by atoms with Gasteiger partial charge in [-0.25, -0.2) is 0 Å². The van der Waals surface area contributed by atoms with Crippen molar-refractivity contribution in [3.05, 3.63) is 71.3 Å². The summed E-state index contributed by atoms with van der Waals surface area (Å²) in [6.45, 7) is 3.73. The van der Waals surface area contributed by atoms with E-state index in [4.69, 9.17) is 4.74 Å². The average Bonchev–Trinajstić information content (AvgIpc) is 2.83. The standard InChI is InChI=1S/C25H31N3O4/c1-18-8-6-7-11-21(18)23(29)27-22(24(30)26-14-17-32-2)19-12-15-28(16-13-19)25(31)20-9-4-3-5-10-20/h3-11,19,22H,12-17H2,1-2H3,(H,26,30)(H,27,29)/t22-/m0/s1. The fourth-order valence-electron chi connectivity index (χ4n) is 4.03. The van der Waals surface area contributed by atoms with Crippen LogP contribution in [0.4, 0.5) is 0 Å². The number of rotatable bonds is 8. The zero-order chi connectivity index (χ0) is 22.9. The van der Waals surface area contributed by atoms with Crippen molar-refractivity contribution in [1.82, 2.24) is 15.5 Å². The van der Waals surface area contributed by atoms with E-state index in [9.17, 15) is 14.4 Å². The van der Waals surface area contributed by atoms with E-state index in [1.54, 1.807) is 13.2 Å². The van der Waals surface area contributed by atoms with Crippen LogP contribution in [0.3, 0.4) is 0 Å². The molecule has 32 heavy (non-hydrogen) atoms. The first-order valence-electron chi connectivity index (χ1n) is 11.0. The van der Waals surface area contributed by atoms with Crippen molar-refractivity contribution in [1.29, 1.82) is 0 Å². The molecule has 3 rings (SSSR count). The van der Waals surface area contributed by atoms with Gasteiger partial charge >= 0.3 is 0 Å². The molecule has 1 fully saturated rings. The van der Waals surface area contributed by atoms with Crippen molar-refractivity contribution in [3.8, 4) is 0 Å². The van der Waals surface area contributed by atoms with Gasteiger partial charge in [0.05, 0.1) is 6.61 Å². The number of methoxy groups -OCH3 is 1. The second-order valence-corrected chi connectivity index (χ2v) is 8.05. The van der Waals surface area contributed by atoms with Gasteiger partial charge in [0.25, 0.3) is 11.8 Å². The van der Waals surface area contributed by atoms with Gasteiger partial charge < -0.3 is 20.3 Å². The number of nitrogens with zero attached hydrogens (tertiary/aromatic N) is 1. The number of ether oxygens (including phenoxy) is 1. The monoisotopic (exact) mass is 437 g/mol. The summed E-state index contributed by atoms with van der Waals surface area (Å²) in [5.41, 5.74) is 2.07. The largest absolute Gasteiger partial charge is 0.383 e. The third-order valence-corrected chi connectivity index (χ3v) is 5.88. The molecule has 1 aliphatic rings. The maximum atomic E-state index is 12.9. The molecule has 0 spiro atoms. The molecule has 3 amide bonds. The highest BCUT2D eigenvalue weighted by molar-refractivity contribution is 5.98. The highest BCUT2D eigenvalue weighted by Crippen LogP contribution is 2.23. The number of likely N-dealkylation sites (tertiary alicyclic amines) is 1. The second kappa shape index (κ2) is 11.4. The Kier molecular flexibility index (Phi) is 8.39. The van der Waals surface area contributed by atoms with Crippen LogP contribution in [-0.4, -0.2) is 62.0 Å². The number of carbonyl (C=O) groups is 3. The normalized spacial score (nSPS) is 15.1. The Morgan fingerprint density at radius 3 is 2.34 bits per heavy atom. The summed E-state index contributed by atoms with van der Waals surface area (Å²) >= 11 is 0. The van der Waals surface area contributed by atoms with E-state index >= 15 is 0 Å². The molecule has 0 saturated carbocycles. The third kappa shape index (κ3) is 5.95. The van der Waals surface area contributed by atoms with E-state index in [2.05, 4.69) is 10.6 Å². The minimum atomic E-state index is -0.673. The van der Waals surface area contributed by atoms with E-state index < -0.39 is 6.04 Å². The third-order valence-electron chi connectivity index (χ3n) is 5.88. The van der Waals surface area contributed by atoms with Gasteiger partial charge in [0.15, 0.2) is 0 Å². The Bertz CT molecular complexity index is 924. The summed E-state index contributed by atoms with van der Waals surface area (Å²) in [5.74, 6) is -0.561. The number of benzene rings is 2. The Hall–Kier alpha value is -3.19. The molecule has 1 atom stereocenters. The van der Waals surface area contributed by atoms with Crippen LogP contribution in [0.2, 0.25) is 0 Å². The van der Waals surface area contributed by atoms with Crippen LogP contribution in [0.15, 0.2) is 54.6 Å². The number of piperidine rings is 1. The first kappa shape index (κ1) is 23.5. The van der Waals surface area contributed by atoms with E-state index in [0.29, 0.717) is 50.2 Å². The predicted molar refractivity (Wildman–Crippen MR) is 122 cm³/mol. The molecule has 2 N–H and O–H groups in total. The summed E-state index contributed by atoms with van der Waals surface area (Å²) in [5, 5.41) is 5.80. The molecular weight excluding hydrogens is 406 g/mol. The quantitative estimate of drug-likeness (QED) is 0.621. The number of hydrogen-bond donors (Lipinski definition) is 2. The molecule has 0 radical (unpaired) electrons. The maximum absolute atomic E-state index is 12.9. The smallest absolute Gasteiger partial charge is 0.253 e. The van der Waals surface area contributed by atoms with E-state index in [1.807, 2.05) is 60.4 Å². The minimum absolute atomic E-state index is 0.00547. The van der Waals surface area contributed by atoms with E-state index in [0.717, 1.165) is 5.56 Å². The Morgan fingerprint density at radius 1 is 1.03 bits per heavy atom. The van der Waals surface area contributed by atoms with Gasteiger partial charge in [-0.15, -0.1) is 0 Å². The molecule has 0 aliphatic carbocycles. The van der Waals surface area contributed by atoms with Gasteiger partial charge in [-0.3, -0.25) is 14.4 Å². The summed E-state index contributed by atoms with van der Waals surface area (Å²) in [7, 11) is 1.57. The highest BCUT2D eigenvalue weighted by atomic mass is 16.5. The van der Waals surface area contributed by atoms with Crippen LogP contribution in [0.25, 0.3) is 0 Å². The Balaban J connectivity index is 1.68. The molecule has 0 unspecified atom stereocenters. The average molecular weight is 438 g/mol. The van der Waals surface area contributed by atoms with Crippen LogP contribution in [-0.2, 0) is 9.53 Å². The number of nitrogens with one attached hydrogen (secondary N) is 2. The Labute approximate surface area is 189 Å². The van der Waals surface area contributed by atoms with Crippen LogP contribution in [0.1, 0.15) is 39.1 Å². The van der Waals surface area contributed by atoms with Gasteiger partial charge in [0, 0.05) is 37.9 Å². The second-order valence-electron chi connectivity index (χ2n) is 8.05. The maximum Gasteiger partial charge on any atom is 0.253 e. The van der Waals surface area contributed by atoms with Gasteiger partial charge in [0.1, 0.15) is 6.04 Å². The molecular formula is C25H31N3O4. The molecule has 0 aromatic heterocycles. The number of carbonyl (C=O) groups excluding carboxylic acids is 3. The SMILES string of the molecule is COCCNC(=O)[C@@H](NC(=O)c1ccccc1C)C1CCN(C(=O)c2ccccc2)CC1. The molecule has 0 bridgehead atoms. The summed E-state index contributed by atoms with van der Waals surface area (Å²) in [6.07, 6.45) is 1.27. The van der Waals surface area contributed by atoms with Crippen molar-refractivity contribution >= 4 is 17.7 Å². The minimum Gasteiger partial charge on any atom is -0.383 e. The van der Waals surface area contributed by atoms with Crippen LogP contribution < -0.4 is 10.6 Å². The molecule has 2 aromatic carbocycles. The molecule has 7 nitrogen and oxygen atoms in total. The molecule has 170 valence electrons.